The molecule has 0 radical (unpaired) electrons. The first-order valence-corrected chi connectivity index (χ1v) is 9.38. The van der Waals surface area contributed by atoms with Crippen LogP contribution >= 0.6 is 0 Å². The zero-order valence-corrected chi connectivity index (χ0v) is 17.1. The van der Waals surface area contributed by atoms with Gasteiger partial charge in [-0.1, -0.05) is 60.2 Å². The number of nitrogens with one attached hydrogen (secondary N) is 1. The van der Waals surface area contributed by atoms with Crippen molar-refractivity contribution in [3.05, 3.63) is 88.6 Å². The number of rotatable bonds is 6. The van der Waals surface area contributed by atoms with Crippen LogP contribution in [0.3, 0.4) is 0 Å². The molecule has 2 rings (SSSR count). The molecule has 0 fully saturated rings. The largest absolute Gasteiger partial charge is 0.379 e. The zero-order valence-electron chi connectivity index (χ0n) is 17.1. The summed E-state index contributed by atoms with van der Waals surface area (Å²) in [5.41, 5.74) is 5.64. The van der Waals surface area contributed by atoms with Crippen LogP contribution in [0.5, 0.6) is 0 Å². The van der Waals surface area contributed by atoms with Gasteiger partial charge in [0.1, 0.15) is 0 Å². The highest BCUT2D eigenvalue weighted by molar-refractivity contribution is 5.73. The molecule has 1 aromatic carbocycles. The fourth-order valence-electron chi connectivity index (χ4n) is 2.89. The van der Waals surface area contributed by atoms with Crippen LogP contribution in [0.2, 0.25) is 0 Å². The molecule has 0 bridgehead atoms. The van der Waals surface area contributed by atoms with E-state index in [4.69, 9.17) is 0 Å². The van der Waals surface area contributed by atoms with Crippen LogP contribution in [-0.4, -0.2) is 11.0 Å². The number of allylic oxidation sites excluding steroid dienone is 5. The van der Waals surface area contributed by atoms with Gasteiger partial charge in [-0.15, -0.1) is 0 Å². The summed E-state index contributed by atoms with van der Waals surface area (Å²) in [7, 11) is 0. The molecule has 1 unspecified atom stereocenters. The lowest BCUT2D eigenvalue weighted by Crippen LogP contribution is -2.29. The van der Waals surface area contributed by atoms with Gasteiger partial charge in [0, 0.05) is 23.5 Å². The SMILES string of the molecule is C=C/C=C(\C=C(C)C)c1cc(=C/C(C)Nc2ccc(C)cc2)/c(=C\C)cn1. The van der Waals surface area contributed by atoms with E-state index in [9.17, 15) is 0 Å². The van der Waals surface area contributed by atoms with Gasteiger partial charge in [0.25, 0.3) is 0 Å². The molecule has 0 aliphatic carbocycles. The minimum Gasteiger partial charge on any atom is -0.379 e. The second-order valence-electron chi connectivity index (χ2n) is 7.03. The Bertz CT molecular complexity index is 956. The summed E-state index contributed by atoms with van der Waals surface area (Å²) in [5.74, 6) is 0. The summed E-state index contributed by atoms with van der Waals surface area (Å²) in [4.78, 5) is 4.65. The predicted molar refractivity (Wildman–Crippen MR) is 120 cm³/mol. The van der Waals surface area contributed by atoms with Gasteiger partial charge < -0.3 is 5.32 Å². The van der Waals surface area contributed by atoms with E-state index in [0.29, 0.717) is 0 Å². The van der Waals surface area contributed by atoms with Crippen molar-refractivity contribution >= 4 is 23.4 Å². The fourth-order valence-corrected chi connectivity index (χ4v) is 2.89. The normalized spacial score (nSPS) is 14.0. The van der Waals surface area contributed by atoms with Crippen molar-refractivity contribution in [2.45, 2.75) is 40.7 Å². The molecule has 0 aliphatic rings. The molecule has 1 atom stereocenters. The van der Waals surface area contributed by atoms with Gasteiger partial charge in [-0.2, -0.15) is 0 Å². The number of pyridine rings is 1. The maximum Gasteiger partial charge on any atom is 0.0708 e. The quantitative estimate of drug-likeness (QED) is 0.735. The lowest BCUT2D eigenvalue weighted by atomic mass is 10.1. The number of nitrogens with zero attached hydrogens (tertiary/aromatic N) is 1. The highest BCUT2D eigenvalue weighted by Crippen LogP contribution is 2.14. The van der Waals surface area contributed by atoms with Crippen LogP contribution in [0.15, 0.2) is 66.9 Å². The van der Waals surface area contributed by atoms with E-state index in [1.54, 1.807) is 6.08 Å². The smallest absolute Gasteiger partial charge is 0.0708 e. The Labute approximate surface area is 163 Å². The van der Waals surface area contributed by atoms with E-state index >= 15 is 0 Å². The molecule has 140 valence electrons. The monoisotopic (exact) mass is 358 g/mol. The zero-order chi connectivity index (χ0) is 19.8. The summed E-state index contributed by atoms with van der Waals surface area (Å²) in [6.45, 7) is 14.3. The van der Waals surface area contributed by atoms with Crippen molar-refractivity contribution in [1.82, 2.24) is 4.98 Å². The lowest BCUT2D eigenvalue weighted by Gasteiger charge is -2.12. The Morgan fingerprint density at radius 3 is 2.44 bits per heavy atom. The first kappa shape index (κ1) is 20.4. The van der Waals surface area contributed by atoms with Gasteiger partial charge in [0.2, 0.25) is 0 Å². The second-order valence-corrected chi connectivity index (χ2v) is 7.03. The Morgan fingerprint density at radius 1 is 1.15 bits per heavy atom. The third kappa shape index (κ3) is 6.10. The third-order valence-electron chi connectivity index (χ3n) is 4.19. The molecule has 2 nitrogen and oxygen atoms in total. The average molecular weight is 359 g/mol. The molecular formula is C25H30N2. The molecule has 1 aromatic heterocycles. The lowest BCUT2D eigenvalue weighted by molar-refractivity contribution is 1.04. The van der Waals surface area contributed by atoms with Gasteiger partial charge in [0.15, 0.2) is 0 Å². The summed E-state index contributed by atoms with van der Waals surface area (Å²) in [6.07, 6.45) is 12.2. The topological polar surface area (TPSA) is 24.9 Å². The van der Waals surface area contributed by atoms with Gasteiger partial charge in [-0.25, -0.2) is 0 Å². The number of aromatic nitrogens is 1. The van der Waals surface area contributed by atoms with E-state index < -0.39 is 0 Å². The summed E-state index contributed by atoms with van der Waals surface area (Å²) in [5, 5.41) is 5.85. The Balaban J connectivity index is 2.43. The van der Waals surface area contributed by atoms with Crippen LogP contribution in [-0.2, 0) is 0 Å². The summed E-state index contributed by atoms with van der Waals surface area (Å²) >= 11 is 0. The Morgan fingerprint density at radius 2 is 1.85 bits per heavy atom. The van der Waals surface area contributed by atoms with Crippen LogP contribution in [0.1, 0.15) is 39.0 Å². The standard InChI is InChI=1S/C25H30N2/c1-7-9-22(14-18(3)4)25-16-23(21(8-2)17-26-25)15-20(6)27-24-12-10-19(5)11-13-24/h7-17,20,27H,1H2,2-6H3/b21-8-,22-9+,23-15-. The molecule has 2 aromatic rings. The molecule has 0 amide bonds. The molecule has 27 heavy (non-hydrogen) atoms. The van der Waals surface area contributed by atoms with Gasteiger partial charge in [-0.3, -0.25) is 4.98 Å². The van der Waals surface area contributed by atoms with Crippen LogP contribution in [0.25, 0.3) is 17.7 Å². The second kappa shape index (κ2) is 9.72. The van der Waals surface area contributed by atoms with Crippen molar-refractivity contribution in [3.8, 4) is 0 Å². The van der Waals surface area contributed by atoms with Crippen LogP contribution < -0.4 is 15.8 Å². The minimum atomic E-state index is 0.192. The van der Waals surface area contributed by atoms with E-state index in [-0.39, 0.29) is 6.04 Å². The van der Waals surface area contributed by atoms with Crippen molar-refractivity contribution < 1.29 is 0 Å². The number of hydrogen-bond acceptors (Lipinski definition) is 2. The number of benzene rings is 1. The van der Waals surface area contributed by atoms with Crippen LogP contribution in [0.4, 0.5) is 5.69 Å². The fraction of sp³-hybridized carbons (Fsp3) is 0.240. The maximum atomic E-state index is 4.65. The highest BCUT2D eigenvalue weighted by Gasteiger charge is 2.03. The molecular weight excluding hydrogens is 328 g/mol. The van der Waals surface area contributed by atoms with Crippen LogP contribution in [0, 0.1) is 6.92 Å². The highest BCUT2D eigenvalue weighted by atomic mass is 14.9. The van der Waals surface area contributed by atoms with Gasteiger partial charge in [-0.05, 0) is 63.3 Å². The molecule has 0 saturated heterocycles. The molecule has 0 aliphatic heterocycles. The first-order chi connectivity index (χ1) is 12.9. The van der Waals surface area contributed by atoms with Crippen molar-refractivity contribution in [2.24, 2.45) is 0 Å². The maximum absolute atomic E-state index is 4.65. The molecule has 0 spiro atoms. The van der Waals surface area contributed by atoms with Crippen molar-refractivity contribution in [2.75, 3.05) is 5.32 Å². The van der Waals surface area contributed by atoms with E-state index in [0.717, 1.165) is 22.2 Å². The van der Waals surface area contributed by atoms with E-state index in [1.807, 2.05) is 19.2 Å². The number of aryl methyl sites for hydroxylation is 1. The Hall–Kier alpha value is -2.87. The number of hydrogen-bond donors (Lipinski definition) is 1. The van der Waals surface area contributed by atoms with E-state index in [2.05, 4.69) is 93.1 Å². The first-order valence-electron chi connectivity index (χ1n) is 9.38. The van der Waals surface area contributed by atoms with Gasteiger partial charge >= 0.3 is 0 Å². The van der Waals surface area contributed by atoms with Gasteiger partial charge in [0.05, 0.1) is 5.69 Å². The molecule has 1 N–H and O–H groups in total. The van der Waals surface area contributed by atoms with Crippen molar-refractivity contribution in [1.29, 1.82) is 0 Å². The Kier molecular flexibility index (Phi) is 7.36. The number of anilines is 1. The van der Waals surface area contributed by atoms with E-state index in [1.165, 1.54) is 16.4 Å². The third-order valence-corrected chi connectivity index (χ3v) is 4.19. The predicted octanol–water partition coefficient (Wildman–Crippen LogP) is 5.01. The van der Waals surface area contributed by atoms with Crippen molar-refractivity contribution in [3.63, 3.8) is 0 Å². The summed E-state index contributed by atoms with van der Waals surface area (Å²) in [6, 6.07) is 10.8. The summed E-state index contributed by atoms with van der Waals surface area (Å²) < 4.78 is 0. The molecule has 2 heteroatoms. The minimum absolute atomic E-state index is 0.192. The molecule has 0 saturated carbocycles. The molecule has 1 heterocycles. The average Bonchev–Trinajstić information content (AvgIpc) is 2.63.